The molecule has 0 atom stereocenters. The maximum atomic E-state index is 13.1. The van der Waals surface area contributed by atoms with Gasteiger partial charge < -0.3 is 25.4 Å². The predicted molar refractivity (Wildman–Crippen MR) is 146 cm³/mol. The van der Waals surface area contributed by atoms with E-state index in [-0.39, 0.29) is 29.5 Å². The molecule has 3 heterocycles. The SMILES string of the molecule is Nc1cc(OC(F)(F)F)ccc1C(=O)N1CCC(c2ncnc3cc(N4CCN(CCC(=O)O)CC4)ccc23)CC1. The molecule has 1 aromatic heterocycles. The van der Waals surface area contributed by atoms with Crippen molar-refractivity contribution in [3.05, 3.63) is 54.0 Å². The third-order valence-corrected chi connectivity index (χ3v) is 7.69. The number of aliphatic carboxylic acids is 1. The summed E-state index contributed by atoms with van der Waals surface area (Å²) < 4.78 is 41.4. The van der Waals surface area contributed by atoms with Crippen molar-refractivity contribution in [2.24, 2.45) is 0 Å². The molecule has 0 bridgehead atoms. The number of anilines is 2. The molecule has 2 aliphatic rings. The number of carbonyl (C=O) groups excluding carboxylic acids is 1. The number of amides is 1. The van der Waals surface area contributed by atoms with Gasteiger partial charge in [-0.3, -0.25) is 14.5 Å². The number of carboxylic acids is 1. The van der Waals surface area contributed by atoms with Crippen molar-refractivity contribution in [3.8, 4) is 5.75 Å². The monoisotopic (exact) mass is 572 g/mol. The maximum absolute atomic E-state index is 13.1. The minimum absolute atomic E-state index is 0.0712. The van der Waals surface area contributed by atoms with Crippen LogP contribution in [0.25, 0.3) is 10.9 Å². The van der Waals surface area contributed by atoms with Crippen LogP contribution in [0.15, 0.2) is 42.7 Å². The van der Waals surface area contributed by atoms with Crippen LogP contribution in [-0.2, 0) is 4.79 Å². The standard InChI is InChI=1S/C28H31F3N6O4/c29-28(30,31)41-20-2-4-21(23(32)16-20)27(40)37-9-5-18(6-10-37)26-22-3-1-19(15-24(22)33-17-34-26)36-13-11-35(12-14-36)8-7-25(38)39/h1-4,15-18H,5-14,32H2,(H,38,39). The van der Waals surface area contributed by atoms with E-state index in [4.69, 9.17) is 10.8 Å². The van der Waals surface area contributed by atoms with Gasteiger partial charge in [0.25, 0.3) is 5.91 Å². The van der Waals surface area contributed by atoms with Crippen LogP contribution in [-0.4, -0.2) is 88.9 Å². The molecule has 1 amide bonds. The number of carbonyl (C=O) groups is 2. The minimum Gasteiger partial charge on any atom is -0.481 e. The smallest absolute Gasteiger partial charge is 0.481 e. The van der Waals surface area contributed by atoms with Crippen molar-refractivity contribution in [1.82, 2.24) is 19.8 Å². The van der Waals surface area contributed by atoms with Crippen LogP contribution in [0.4, 0.5) is 24.5 Å². The lowest BCUT2D eigenvalue weighted by atomic mass is 9.90. The normalized spacial score (nSPS) is 17.1. The van der Waals surface area contributed by atoms with Gasteiger partial charge in [-0.2, -0.15) is 0 Å². The fourth-order valence-corrected chi connectivity index (χ4v) is 5.53. The number of hydrogen-bond donors (Lipinski definition) is 2. The molecule has 0 unspecified atom stereocenters. The van der Waals surface area contributed by atoms with Crippen LogP contribution in [0.1, 0.15) is 41.2 Å². The van der Waals surface area contributed by atoms with Crippen molar-refractivity contribution in [2.75, 3.05) is 56.4 Å². The quantitative estimate of drug-likeness (QED) is 0.408. The van der Waals surface area contributed by atoms with E-state index in [1.54, 1.807) is 11.2 Å². The Morgan fingerprint density at radius 2 is 1.73 bits per heavy atom. The Hall–Kier alpha value is -4.13. The molecule has 0 radical (unpaired) electrons. The first-order valence-corrected chi connectivity index (χ1v) is 13.5. The summed E-state index contributed by atoms with van der Waals surface area (Å²) in [6, 6.07) is 9.52. The zero-order valence-corrected chi connectivity index (χ0v) is 22.3. The van der Waals surface area contributed by atoms with Gasteiger partial charge in [0.05, 0.1) is 23.2 Å². The van der Waals surface area contributed by atoms with E-state index in [1.165, 1.54) is 6.07 Å². The highest BCUT2D eigenvalue weighted by molar-refractivity contribution is 5.99. The first-order chi connectivity index (χ1) is 19.6. The fraction of sp³-hybridized carbons (Fsp3) is 0.429. The molecular formula is C28H31F3N6O4. The molecule has 2 aromatic carbocycles. The van der Waals surface area contributed by atoms with Crippen LogP contribution in [0.3, 0.4) is 0 Å². The molecule has 41 heavy (non-hydrogen) atoms. The highest BCUT2D eigenvalue weighted by Gasteiger charge is 2.32. The van der Waals surface area contributed by atoms with Gasteiger partial charge in [-0.15, -0.1) is 13.2 Å². The van der Waals surface area contributed by atoms with Gasteiger partial charge in [0.2, 0.25) is 0 Å². The molecule has 2 fully saturated rings. The van der Waals surface area contributed by atoms with E-state index in [0.717, 1.165) is 60.6 Å². The first-order valence-electron chi connectivity index (χ1n) is 13.5. The van der Waals surface area contributed by atoms with E-state index < -0.39 is 18.1 Å². The molecule has 2 saturated heterocycles. The fourth-order valence-electron chi connectivity index (χ4n) is 5.53. The van der Waals surface area contributed by atoms with E-state index in [1.807, 2.05) is 6.07 Å². The van der Waals surface area contributed by atoms with Crippen LogP contribution in [0.2, 0.25) is 0 Å². The zero-order valence-electron chi connectivity index (χ0n) is 22.3. The maximum Gasteiger partial charge on any atom is 0.573 e. The number of carboxylic acid groups (broad SMARTS) is 1. The summed E-state index contributed by atoms with van der Waals surface area (Å²) in [7, 11) is 0. The number of alkyl halides is 3. The summed E-state index contributed by atoms with van der Waals surface area (Å²) in [5.74, 6) is -1.47. The zero-order chi connectivity index (χ0) is 29.1. The van der Waals surface area contributed by atoms with E-state index in [0.29, 0.717) is 32.5 Å². The molecule has 218 valence electrons. The van der Waals surface area contributed by atoms with Gasteiger partial charge in [0.1, 0.15) is 12.1 Å². The Balaban J connectivity index is 1.21. The van der Waals surface area contributed by atoms with Crippen molar-refractivity contribution >= 4 is 34.2 Å². The molecule has 5 rings (SSSR count). The van der Waals surface area contributed by atoms with Gasteiger partial charge in [-0.25, -0.2) is 9.97 Å². The number of aromatic nitrogens is 2. The first kappa shape index (κ1) is 28.4. The lowest BCUT2D eigenvalue weighted by Crippen LogP contribution is -2.46. The average molecular weight is 573 g/mol. The van der Waals surface area contributed by atoms with Crippen molar-refractivity contribution in [1.29, 1.82) is 0 Å². The number of nitrogen functional groups attached to an aromatic ring is 1. The third kappa shape index (κ3) is 6.79. The number of piperidine rings is 1. The van der Waals surface area contributed by atoms with Crippen LogP contribution in [0, 0.1) is 0 Å². The molecule has 2 aliphatic heterocycles. The number of ether oxygens (including phenoxy) is 1. The summed E-state index contributed by atoms with van der Waals surface area (Å²) in [4.78, 5) is 39.1. The number of halogens is 3. The van der Waals surface area contributed by atoms with E-state index in [2.05, 4.69) is 36.6 Å². The Labute approximate surface area is 234 Å². The summed E-state index contributed by atoms with van der Waals surface area (Å²) in [5, 5.41) is 9.88. The van der Waals surface area contributed by atoms with Gasteiger partial charge in [0, 0.05) is 74.6 Å². The second kappa shape index (κ2) is 11.8. The Kier molecular flexibility index (Phi) is 8.15. The number of piperazine rings is 1. The van der Waals surface area contributed by atoms with Gasteiger partial charge in [0.15, 0.2) is 0 Å². The summed E-state index contributed by atoms with van der Waals surface area (Å²) in [6.07, 6.45) is -1.79. The van der Waals surface area contributed by atoms with Crippen molar-refractivity contribution < 1.29 is 32.6 Å². The number of fused-ring (bicyclic) bond motifs is 1. The summed E-state index contributed by atoms with van der Waals surface area (Å²) in [6.45, 7) is 4.68. The lowest BCUT2D eigenvalue weighted by Gasteiger charge is -2.36. The van der Waals surface area contributed by atoms with Gasteiger partial charge in [-0.05, 0) is 43.2 Å². The number of likely N-dealkylation sites (tertiary alicyclic amines) is 1. The number of benzene rings is 2. The molecule has 0 saturated carbocycles. The minimum atomic E-state index is -4.84. The number of hydrogen-bond acceptors (Lipinski definition) is 8. The second-order valence-electron chi connectivity index (χ2n) is 10.3. The van der Waals surface area contributed by atoms with Crippen molar-refractivity contribution in [3.63, 3.8) is 0 Å². The summed E-state index contributed by atoms with van der Waals surface area (Å²) in [5.41, 5.74) is 8.79. The molecule has 3 aromatic rings. The number of nitrogens with zero attached hydrogens (tertiary/aromatic N) is 5. The predicted octanol–water partition coefficient (Wildman–Crippen LogP) is 3.73. The van der Waals surface area contributed by atoms with Gasteiger partial charge in [-0.1, -0.05) is 0 Å². The Bertz CT molecular complexity index is 1420. The van der Waals surface area contributed by atoms with Gasteiger partial charge >= 0.3 is 12.3 Å². The largest absolute Gasteiger partial charge is 0.573 e. The number of nitrogens with two attached hydrogens (primary N) is 1. The van der Waals surface area contributed by atoms with E-state index in [9.17, 15) is 22.8 Å². The van der Waals surface area contributed by atoms with Crippen LogP contribution < -0.4 is 15.4 Å². The molecule has 0 spiro atoms. The highest BCUT2D eigenvalue weighted by Crippen LogP contribution is 2.34. The topological polar surface area (TPSA) is 125 Å². The Morgan fingerprint density at radius 1 is 1.00 bits per heavy atom. The molecule has 10 nitrogen and oxygen atoms in total. The lowest BCUT2D eigenvalue weighted by molar-refractivity contribution is -0.274. The number of rotatable bonds is 7. The second-order valence-corrected chi connectivity index (χ2v) is 10.3. The molecular weight excluding hydrogens is 541 g/mol. The molecule has 13 heteroatoms. The third-order valence-electron chi connectivity index (χ3n) is 7.69. The molecule has 0 aliphatic carbocycles. The van der Waals surface area contributed by atoms with Crippen LogP contribution in [0.5, 0.6) is 5.75 Å². The van der Waals surface area contributed by atoms with Crippen molar-refractivity contribution in [2.45, 2.75) is 31.5 Å². The van der Waals surface area contributed by atoms with Crippen LogP contribution >= 0.6 is 0 Å². The van der Waals surface area contributed by atoms with E-state index >= 15 is 0 Å². The Morgan fingerprint density at radius 3 is 2.39 bits per heavy atom. The highest BCUT2D eigenvalue weighted by atomic mass is 19.4. The summed E-state index contributed by atoms with van der Waals surface area (Å²) >= 11 is 0. The average Bonchev–Trinajstić information content (AvgIpc) is 2.95. The molecule has 3 N–H and O–H groups in total.